The van der Waals surface area contributed by atoms with Gasteiger partial charge in [0.2, 0.25) is 0 Å². The van der Waals surface area contributed by atoms with E-state index in [4.69, 9.17) is 0 Å². The highest BCUT2D eigenvalue weighted by Gasteiger charge is 2.03. The van der Waals surface area contributed by atoms with Crippen molar-refractivity contribution in [1.29, 1.82) is 0 Å². The standard InChI is InChI=1S/C14H12N2.C6H15N/c1-2-10-6-5-9-13-14(10)16-12-8-4-3-7-11(12)15-13;1-4-7(5-2)6-3/h3-9H,2H2,1H3;4-6H2,1-3H3. The van der Waals surface area contributed by atoms with Crippen LogP contribution in [0.4, 0.5) is 0 Å². The Bertz CT molecular complexity index is 743. The fourth-order valence-corrected chi connectivity index (χ4v) is 2.66. The number of hydrogen-bond donors (Lipinski definition) is 0. The summed E-state index contributed by atoms with van der Waals surface area (Å²) in [7, 11) is 0. The third-order valence-electron chi connectivity index (χ3n) is 4.18. The van der Waals surface area contributed by atoms with E-state index in [0.717, 1.165) is 28.5 Å². The Labute approximate surface area is 139 Å². The van der Waals surface area contributed by atoms with E-state index < -0.39 is 0 Å². The maximum Gasteiger partial charge on any atom is 0.0926 e. The Morgan fingerprint density at radius 2 is 1.26 bits per heavy atom. The van der Waals surface area contributed by atoms with E-state index in [-0.39, 0.29) is 0 Å². The van der Waals surface area contributed by atoms with E-state index in [0.29, 0.717) is 0 Å². The molecule has 0 fully saturated rings. The van der Waals surface area contributed by atoms with Crippen molar-refractivity contribution in [1.82, 2.24) is 14.9 Å². The molecule has 0 atom stereocenters. The number of para-hydroxylation sites is 3. The van der Waals surface area contributed by atoms with Gasteiger partial charge in [0.25, 0.3) is 0 Å². The van der Waals surface area contributed by atoms with Crippen LogP contribution in [0.25, 0.3) is 22.1 Å². The molecule has 0 unspecified atom stereocenters. The first-order valence-corrected chi connectivity index (χ1v) is 8.60. The maximum absolute atomic E-state index is 4.69. The molecule has 0 bridgehead atoms. The summed E-state index contributed by atoms with van der Waals surface area (Å²) >= 11 is 0. The molecule has 3 heteroatoms. The van der Waals surface area contributed by atoms with Crippen molar-refractivity contribution in [3.8, 4) is 0 Å². The minimum atomic E-state index is 0.961. The first-order chi connectivity index (χ1) is 11.2. The van der Waals surface area contributed by atoms with Crippen molar-refractivity contribution in [2.24, 2.45) is 0 Å². The molecule has 0 spiro atoms. The highest BCUT2D eigenvalue weighted by Crippen LogP contribution is 2.19. The molecule has 0 aliphatic rings. The molecular weight excluding hydrogens is 282 g/mol. The Morgan fingerprint density at radius 3 is 1.78 bits per heavy atom. The van der Waals surface area contributed by atoms with Crippen LogP contribution in [0.2, 0.25) is 0 Å². The van der Waals surface area contributed by atoms with Crippen molar-refractivity contribution in [2.45, 2.75) is 34.1 Å². The Morgan fingerprint density at radius 1 is 0.696 bits per heavy atom. The molecule has 1 aromatic heterocycles. The first-order valence-electron chi connectivity index (χ1n) is 8.60. The predicted molar refractivity (Wildman–Crippen MR) is 99.9 cm³/mol. The third kappa shape index (κ3) is 4.26. The summed E-state index contributed by atoms with van der Waals surface area (Å²) in [5, 5.41) is 0. The van der Waals surface area contributed by atoms with Crippen molar-refractivity contribution < 1.29 is 0 Å². The number of aromatic nitrogens is 2. The van der Waals surface area contributed by atoms with Gasteiger partial charge in [-0.1, -0.05) is 52.0 Å². The van der Waals surface area contributed by atoms with Crippen molar-refractivity contribution in [2.75, 3.05) is 19.6 Å². The molecule has 1 heterocycles. The lowest BCUT2D eigenvalue weighted by Crippen LogP contribution is -2.21. The topological polar surface area (TPSA) is 29.0 Å². The van der Waals surface area contributed by atoms with Gasteiger partial charge in [-0.15, -0.1) is 0 Å². The summed E-state index contributed by atoms with van der Waals surface area (Å²) in [4.78, 5) is 11.7. The lowest BCUT2D eigenvalue weighted by Gasteiger charge is -2.13. The van der Waals surface area contributed by atoms with E-state index in [2.05, 4.69) is 48.6 Å². The summed E-state index contributed by atoms with van der Waals surface area (Å²) in [6.45, 7) is 12.3. The zero-order chi connectivity index (χ0) is 16.7. The summed E-state index contributed by atoms with van der Waals surface area (Å²) < 4.78 is 0. The quantitative estimate of drug-likeness (QED) is 0.654. The lowest BCUT2D eigenvalue weighted by atomic mass is 10.1. The van der Waals surface area contributed by atoms with Gasteiger partial charge in [0.15, 0.2) is 0 Å². The number of fused-ring (bicyclic) bond motifs is 2. The number of aryl methyl sites for hydroxylation is 1. The smallest absolute Gasteiger partial charge is 0.0926 e. The van der Waals surface area contributed by atoms with Crippen LogP contribution in [-0.4, -0.2) is 34.5 Å². The number of rotatable bonds is 4. The van der Waals surface area contributed by atoms with Gasteiger partial charge < -0.3 is 4.90 Å². The predicted octanol–water partition coefficient (Wildman–Crippen LogP) is 4.69. The number of hydrogen-bond acceptors (Lipinski definition) is 3. The molecule has 0 saturated carbocycles. The molecule has 3 nitrogen and oxygen atoms in total. The van der Waals surface area contributed by atoms with Gasteiger partial charge in [0.05, 0.1) is 22.1 Å². The summed E-state index contributed by atoms with van der Waals surface area (Å²) in [6.07, 6.45) is 0.990. The molecule has 0 radical (unpaired) electrons. The normalized spacial score (nSPS) is 10.8. The van der Waals surface area contributed by atoms with Crippen LogP contribution in [0.1, 0.15) is 33.3 Å². The summed E-state index contributed by atoms with van der Waals surface area (Å²) in [5.41, 5.74) is 5.21. The fourth-order valence-electron chi connectivity index (χ4n) is 2.66. The highest BCUT2D eigenvalue weighted by atomic mass is 15.1. The zero-order valence-corrected chi connectivity index (χ0v) is 14.7. The van der Waals surface area contributed by atoms with E-state index in [1.165, 1.54) is 25.2 Å². The second kappa shape index (κ2) is 8.59. The molecule has 0 amide bonds. The molecule has 0 N–H and O–H groups in total. The van der Waals surface area contributed by atoms with Gasteiger partial charge in [0, 0.05) is 0 Å². The molecule has 0 aliphatic carbocycles. The molecule has 23 heavy (non-hydrogen) atoms. The van der Waals surface area contributed by atoms with E-state index in [1.807, 2.05) is 36.4 Å². The van der Waals surface area contributed by atoms with Crippen molar-refractivity contribution in [3.63, 3.8) is 0 Å². The first kappa shape index (κ1) is 17.4. The molecule has 122 valence electrons. The largest absolute Gasteiger partial charge is 0.304 e. The molecule has 0 aliphatic heterocycles. The van der Waals surface area contributed by atoms with Crippen LogP contribution >= 0.6 is 0 Å². The highest BCUT2D eigenvalue weighted by molar-refractivity contribution is 5.87. The second-order valence-corrected chi connectivity index (χ2v) is 5.47. The van der Waals surface area contributed by atoms with Gasteiger partial charge in [-0.25, -0.2) is 9.97 Å². The maximum atomic E-state index is 4.69. The Balaban J connectivity index is 0.000000236. The summed E-state index contributed by atoms with van der Waals surface area (Å²) in [6, 6.07) is 14.2. The van der Waals surface area contributed by atoms with Crippen LogP contribution in [0.3, 0.4) is 0 Å². The lowest BCUT2D eigenvalue weighted by molar-refractivity contribution is 0.321. The molecule has 0 saturated heterocycles. The second-order valence-electron chi connectivity index (χ2n) is 5.47. The van der Waals surface area contributed by atoms with Crippen LogP contribution in [0.5, 0.6) is 0 Å². The Kier molecular flexibility index (Phi) is 6.48. The third-order valence-corrected chi connectivity index (χ3v) is 4.18. The van der Waals surface area contributed by atoms with E-state index in [1.54, 1.807) is 0 Å². The zero-order valence-electron chi connectivity index (χ0n) is 14.7. The van der Waals surface area contributed by atoms with Gasteiger partial charge in [-0.3, -0.25) is 0 Å². The SMILES string of the molecule is CCN(CC)CC.CCc1cccc2nc3ccccc3nc12. The number of nitrogens with zero attached hydrogens (tertiary/aromatic N) is 3. The van der Waals surface area contributed by atoms with Gasteiger partial charge in [-0.05, 0) is 49.8 Å². The van der Waals surface area contributed by atoms with E-state index >= 15 is 0 Å². The van der Waals surface area contributed by atoms with Crippen LogP contribution in [0.15, 0.2) is 42.5 Å². The fraction of sp³-hybridized carbons (Fsp3) is 0.400. The molecular formula is C20H27N3. The Hall–Kier alpha value is -2.00. The van der Waals surface area contributed by atoms with Gasteiger partial charge in [0.1, 0.15) is 0 Å². The van der Waals surface area contributed by atoms with E-state index in [9.17, 15) is 0 Å². The van der Waals surface area contributed by atoms with Crippen molar-refractivity contribution >= 4 is 22.1 Å². The molecule has 3 aromatic rings. The number of benzene rings is 2. The van der Waals surface area contributed by atoms with Crippen LogP contribution in [0, 0.1) is 0 Å². The van der Waals surface area contributed by atoms with Gasteiger partial charge >= 0.3 is 0 Å². The average Bonchev–Trinajstić information content (AvgIpc) is 2.61. The monoisotopic (exact) mass is 309 g/mol. The average molecular weight is 309 g/mol. The molecule has 2 aromatic carbocycles. The van der Waals surface area contributed by atoms with Crippen molar-refractivity contribution in [3.05, 3.63) is 48.0 Å². The van der Waals surface area contributed by atoms with Crippen LogP contribution in [-0.2, 0) is 6.42 Å². The minimum Gasteiger partial charge on any atom is -0.304 e. The van der Waals surface area contributed by atoms with Gasteiger partial charge in [-0.2, -0.15) is 0 Å². The minimum absolute atomic E-state index is 0.961. The molecule has 3 rings (SSSR count). The summed E-state index contributed by atoms with van der Waals surface area (Å²) in [5.74, 6) is 0. The van der Waals surface area contributed by atoms with Crippen LogP contribution < -0.4 is 0 Å².